The van der Waals surface area contributed by atoms with Crippen LogP contribution in [0.15, 0.2) is 12.4 Å². The molecular weight excluding hydrogens is 330 g/mol. The zero-order valence-corrected chi connectivity index (χ0v) is 15.3. The molecule has 1 unspecified atom stereocenters. The molecular formula is C16H22BClN2O4. The standard InChI is InChI=1S/C16H22BClN2O4/c1-6-22-13(21)11-10(9-7-19-14(18)20-8-9)12(11)17-23-15(2,3)16(4,5)24-17/h7-8,10-12H,6H2,1-5H3/t10-,11-,12?/m0/s1. The predicted octanol–water partition coefficient (Wildman–Crippen LogP) is 2.87. The van der Waals surface area contributed by atoms with E-state index in [1.54, 1.807) is 19.3 Å². The van der Waals surface area contributed by atoms with Crippen molar-refractivity contribution in [2.24, 2.45) is 5.92 Å². The fourth-order valence-corrected chi connectivity index (χ4v) is 3.28. The first-order valence-corrected chi connectivity index (χ1v) is 8.55. The van der Waals surface area contributed by atoms with E-state index in [0.717, 1.165) is 5.56 Å². The molecule has 1 aromatic heterocycles. The van der Waals surface area contributed by atoms with E-state index in [9.17, 15) is 4.79 Å². The Morgan fingerprint density at radius 1 is 1.25 bits per heavy atom. The van der Waals surface area contributed by atoms with Gasteiger partial charge >= 0.3 is 13.1 Å². The maximum Gasteiger partial charge on any atom is 0.462 e. The van der Waals surface area contributed by atoms with Gasteiger partial charge in [-0.1, -0.05) is 0 Å². The molecule has 2 fully saturated rings. The summed E-state index contributed by atoms with van der Waals surface area (Å²) in [6.45, 7) is 10.1. The van der Waals surface area contributed by atoms with E-state index in [0.29, 0.717) is 6.61 Å². The van der Waals surface area contributed by atoms with Gasteiger partial charge in [0.15, 0.2) is 0 Å². The zero-order valence-electron chi connectivity index (χ0n) is 14.6. The molecule has 130 valence electrons. The second-order valence-corrected chi connectivity index (χ2v) is 7.63. The number of aromatic nitrogens is 2. The molecule has 1 saturated carbocycles. The van der Waals surface area contributed by atoms with Gasteiger partial charge < -0.3 is 14.0 Å². The number of rotatable bonds is 4. The maximum atomic E-state index is 12.3. The van der Waals surface area contributed by atoms with Crippen molar-refractivity contribution in [3.05, 3.63) is 23.2 Å². The van der Waals surface area contributed by atoms with Crippen molar-refractivity contribution in [1.82, 2.24) is 9.97 Å². The average Bonchev–Trinajstić information content (AvgIpc) is 3.17. The fourth-order valence-electron chi connectivity index (χ4n) is 3.19. The topological polar surface area (TPSA) is 70.5 Å². The molecule has 0 amide bonds. The summed E-state index contributed by atoms with van der Waals surface area (Å²) in [7, 11) is -0.468. The van der Waals surface area contributed by atoms with Crippen LogP contribution in [0.1, 0.15) is 46.1 Å². The zero-order chi connectivity index (χ0) is 17.7. The molecule has 0 aromatic carbocycles. The second kappa shape index (κ2) is 5.97. The van der Waals surface area contributed by atoms with Gasteiger partial charge in [0.25, 0.3) is 0 Å². The average molecular weight is 353 g/mol. The molecule has 0 spiro atoms. The summed E-state index contributed by atoms with van der Waals surface area (Å²) in [6, 6.07) is 0. The van der Waals surface area contributed by atoms with Crippen molar-refractivity contribution < 1.29 is 18.8 Å². The fraction of sp³-hybridized carbons (Fsp3) is 0.688. The lowest BCUT2D eigenvalue weighted by Crippen LogP contribution is -2.41. The molecule has 1 aliphatic carbocycles. The summed E-state index contributed by atoms with van der Waals surface area (Å²) in [5.41, 5.74) is -0.0433. The summed E-state index contributed by atoms with van der Waals surface area (Å²) in [5.74, 6) is -0.757. The highest BCUT2D eigenvalue weighted by molar-refractivity contribution is 6.50. The maximum absolute atomic E-state index is 12.3. The number of carbonyl (C=O) groups is 1. The Kier molecular flexibility index (Phi) is 4.39. The van der Waals surface area contributed by atoms with Crippen LogP contribution in [0.3, 0.4) is 0 Å². The minimum absolute atomic E-state index is 0.0870. The van der Waals surface area contributed by atoms with Gasteiger partial charge in [0.1, 0.15) is 0 Å². The molecule has 0 radical (unpaired) electrons. The monoisotopic (exact) mass is 352 g/mol. The van der Waals surface area contributed by atoms with Gasteiger partial charge in [-0.2, -0.15) is 0 Å². The Morgan fingerprint density at radius 2 is 1.79 bits per heavy atom. The van der Waals surface area contributed by atoms with Crippen molar-refractivity contribution in [1.29, 1.82) is 0 Å². The summed E-state index contributed by atoms with van der Waals surface area (Å²) < 4.78 is 17.5. The molecule has 3 atom stereocenters. The summed E-state index contributed by atoms with van der Waals surface area (Å²) >= 11 is 5.76. The third-order valence-electron chi connectivity index (χ3n) is 5.25. The highest BCUT2D eigenvalue weighted by Crippen LogP contribution is 2.63. The first-order valence-electron chi connectivity index (χ1n) is 8.17. The highest BCUT2D eigenvalue weighted by atomic mass is 35.5. The third-order valence-corrected chi connectivity index (χ3v) is 5.44. The second-order valence-electron chi connectivity index (χ2n) is 7.29. The molecule has 1 aliphatic heterocycles. The van der Waals surface area contributed by atoms with E-state index in [-0.39, 0.29) is 28.9 Å². The van der Waals surface area contributed by atoms with Crippen LogP contribution < -0.4 is 0 Å². The quantitative estimate of drug-likeness (QED) is 0.471. The Labute approximate surface area is 147 Å². The van der Waals surface area contributed by atoms with Gasteiger partial charge in [-0.15, -0.1) is 0 Å². The largest absolute Gasteiger partial charge is 0.466 e. The molecule has 1 aromatic rings. The van der Waals surface area contributed by atoms with E-state index < -0.39 is 18.3 Å². The Bertz CT molecular complexity index is 621. The lowest BCUT2D eigenvalue weighted by molar-refractivity contribution is -0.144. The predicted molar refractivity (Wildman–Crippen MR) is 89.7 cm³/mol. The van der Waals surface area contributed by atoms with Crippen LogP contribution in [0.2, 0.25) is 11.1 Å². The van der Waals surface area contributed by atoms with E-state index >= 15 is 0 Å². The van der Waals surface area contributed by atoms with E-state index in [4.69, 9.17) is 25.6 Å². The molecule has 3 rings (SSSR count). The van der Waals surface area contributed by atoms with Crippen molar-refractivity contribution in [3.63, 3.8) is 0 Å². The highest BCUT2D eigenvalue weighted by Gasteiger charge is 2.68. The lowest BCUT2D eigenvalue weighted by atomic mass is 9.79. The third kappa shape index (κ3) is 2.93. The molecule has 8 heteroatoms. The van der Waals surface area contributed by atoms with Gasteiger partial charge in [0, 0.05) is 24.1 Å². The molecule has 6 nitrogen and oxygen atoms in total. The van der Waals surface area contributed by atoms with Crippen LogP contribution >= 0.6 is 11.6 Å². The Balaban J connectivity index is 1.85. The summed E-state index contributed by atoms with van der Waals surface area (Å²) in [6.07, 6.45) is 3.30. The van der Waals surface area contributed by atoms with Crippen LogP contribution in [0, 0.1) is 5.92 Å². The van der Waals surface area contributed by atoms with Gasteiger partial charge in [-0.3, -0.25) is 4.79 Å². The normalized spacial score (nSPS) is 30.2. The van der Waals surface area contributed by atoms with Crippen molar-refractivity contribution in [2.45, 2.75) is 57.6 Å². The summed E-state index contributed by atoms with van der Waals surface area (Å²) in [4.78, 5) is 20.4. The molecule has 0 bridgehead atoms. The van der Waals surface area contributed by atoms with Gasteiger partial charge in [0.2, 0.25) is 5.28 Å². The lowest BCUT2D eigenvalue weighted by Gasteiger charge is -2.32. The number of nitrogens with zero attached hydrogens (tertiary/aromatic N) is 2. The van der Waals surface area contributed by atoms with Crippen LogP contribution in [-0.2, 0) is 18.8 Å². The van der Waals surface area contributed by atoms with Crippen LogP contribution in [0.5, 0.6) is 0 Å². The van der Waals surface area contributed by atoms with Gasteiger partial charge in [-0.25, -0.2) is 9.97 Å². The van der Waals surface area contributed by atoms with Crippen molar-refractivity contribution >= 4 is 24.7 Å². The smallest absolute Gasteiger partial charge is 0.462 e. The first-order chi connectivity index (χ1) is 11.2. The van der Waals surface area contributed by atoms with E-state index in [1.807, 2.05) is 27.7 Å². The van der Waals surface area contributed by atoms with Crippen LogP contribution in [0.4, 0.5) is 0 Å². The van der Waals surface area contributed by atoms with Gasteiger partial charge in [-0.05, 0) is 51.8 Å². The van der Waals surface area contributed by atoms with Crippen molar-refractivity contribution in [2.75, 3.05) is 6.61 Å². The summed E-state index contributed by atoms with van der Waals surface area (Å²) in [5, 5.41) is 0.180. The number of carbonyl (C=O) groups excluding carboxylic acids is 1. The van der Waals surface area contributed by atoms with Gasteiger partial charge in [0.05, 0.1) is 23.7 Å². The Morgan fingerprint density at radius 3 is 2.29 bits per heavy atom. The molecule has 24 heavy (non-hydrogen) atoms. The van der Waals surface area contributed by atoms with Crippen LogP contribution in [-0.4, -0.2) is 40.9 Å². The van der Waals surface area contributed by atoms with Crippen LogP contribution in [0.25, 0.3) is 0 Å². The minimum Gasteiger partial charge on any atom is -0.466 e. The van der Waals surface area contributed by atoms with E-state index in [2.05, 4.69) is 9.97 Å². The molecule has 0 N–H and O–H groups in total. The SMILES string of the molecule is CCOC(=O)[C@@H]1C(B2OC(C)(C)C(C)(C)O2)[C@H]1c1cnc(Cl)nc1. The molecule has 2 aliphatic rings. The number of ether oxygens (including phenoxy) is 1. The molecule has 2 heterocycles. The van der Waals surface area contributed by atoms with E-state index in [1.165, 1.54) is 0 Å². The number of hydrogen-bond acceptors (Lipinski definition) is 6. The molecule has 1 saturated heterocycles. The number of hydrogen-bond donors (Lipinski definition) is 0. The number of esters is 1. The van der Waals surface area contributed by atoms with Crippen molar-refractivity contribution in [3.8, 4) is 0 Å². The first kappa shape index (κ1) is 17.6. The Hall–Kier alpha value is -1.18. The minimum atomic E-state index is -0.468. The number of halogens is 1.